The summed E-state index contributed by atoms with van der Waals surface area (Å²) in [6.45, 7) is 1.74. The molecule has 0 atom stereocenters. The summed E-state index contributed by atoms with van der Waals surface area (Å²) in [7, 11) is 0. The van der Waals surface area contributed by atoms with Crippen LogP contribution < -0.4 is 0 Å². The molecule has 21 heavy (non-hydrogen) atoms. The van der Waals surface area contributed by atoms with Crippen LogP contribution in [0.3, 0.4) is 0 Å². The van der Waals surface area contributed by atoms with Gasteiger partial charge in [0, 0.05) is 30.2 Å². The predicted octanol–water partition coefficient (Wildman–Crippen LogP) is 2.52. The van der Waals surface area contributed by atoms with Crippen LogP contribution in [0.4, 0.5) is 0 Å². The summed E-state index contributed by atoms with van der Waals surface area (Å²) in [5, 5.41) is 0. The van der Waals surface area contributed by atoms with Crippen molar-refractivity contribution in [2.75, 3.05) is 6.54 Å². The maximum atomic E-state index is 12.7. The monoisotopic (exact) mass is 281 g/mol. The fourth-order valence-corrected chi connectivity index (χ4v) is 2.83. The highest BCUT2D eigenvalue weighted by atomic mass is 16.2. The third-order valence-electron chi connectivity index (χ3n) is 3.86. The molecule has 106 valence electrons. The van der Waals surface area contributed by atoms with Crippen LogP contribution in [0.5, 0.6) is 0 Å². The van der Waals surface area contributed by atoms with Gasteiger partial charge in [-0.05, 0) is 12.8 Å². The number of rotatable bonds is 0. The number of benzene rings is 1. The van der Waals surface area contributed by atoms with Gasteiger partial charge >= 0.3 is 0 Å². The second-order valence-electron chi connectivity index (χ2n) is 5.17. The normalized spacial score (nSPS) is 19.6. The van der Waals surface area contributed by atoms with Crippen molar-refractivity contribution in [2.45, 2.75) is 19.8 Å². The van der Waals surface area contributed by atoms with Crippen molar-refractivity contribution in [3.63, 3.8) is 0 Å². The number of fused-ring (bicyclic) bond motifs is 1. The van der Waals surface area contributed by atoms with Crippen molar-refractivity contribution in [2.24, 2.45) is 0 Å². The lowest BCUT2D eigenvalue weighted by atomic mass is 9.84. The summed E-state index contributed by atoms with van der Waals surface area (Å²) in [5.41, 5.74) is 1.54. The molecular weight excluding hydrogens is 266 g/mol. The molecule has 4 heteroatoms. The maximum absolute atomic E-state index is 12.7. The lowest BCUT2D eigenvalue weighted by Crippen LogP contribution is -2.37. The van der Waals surface area contributed by atoms with Gasteiger partial charge in [-0.15, -0.1) is 0 Å². The molecule has 1 aromatic rings. The Balaban J connectivity index is 2.21. The highest BCUT2D eigenvalue weighted by Gasteiger charge is 2.35. The largest absolute Gasteiger partial charge is 0.305 e. The number of carbonyl (C=O) groups is 3. The number of nitrogens with zero attached hydrogens (tertiary/aromatic N) is 1. The van der Waals surface area contributed by atoms with Crippen LogP contribution in [0, 0.1) is 0 Å². The highest BCUT2D eigenvalue weighted by molar-refractivity contribution is 6.27. The van der Waals surface area contributed by atoms with Crippen molar-refractivity contribution >= 4 is 17.5 Å². The van der Waals surface area contributed by atoms with Gasteiger partial charge in [-0.1, -0.05) is 36.4 Å². The van der Waals surface area contributed by atoms with Gasteiger partial charge in [-0.25, -0.2) is 0 Å². The molecule has 0 unspecified atom stereocenters. The number of Topliss-reactive ketones (excluding diaryl/α,β-unsaturated/α-hetero) is 2. The van der Waals surface area contributed by atoms with Crippen LogP contribution in [0.25, 0.3) is 0 Å². The topological polar surface area (TPSA) is 54.5 Å². The minimum Gasteiger partial charge on any atom is -0.305 e. The van der Waals surface area contributed by atoms with E-state index in [1.165, 1.54) is 11.8 Å². The van der Waals surface area contributed by atoms with Gasteiger partial charge in [0.1, 0.15) is 0 Å². The van der Waals surface area contributed by atoms with Gasteiger partial charge in [0.25, 0.3) is 0 Å². The van der Waals surface area contributed by atoms with E-state index in [0.717, 1.165) is 0 Å². The summed E-state index contributed by atoms with van der Waals surface area (Å²) in [4.78, 5) is 38.7. The molecule has 0 aromatic heterocycles. The number of hydrogen-bond acceptors (Lipinski definition) is 3. The number of hydrogen-bond donors (Lipinski definition) is 0. The fraction of sp³-hybridized carbons (Fsp3) is 0.235. The molecule has 0 fully saturated rings. The highest BCUT2D eigenvalue weighted by Crippen LogP contribution is 2.31. The van der Waals surface area contributed by atoms with Crippen molar-refractivity contribution in [3.05, 3.63) is 58.8 Å². The molecule has 1 aliphatic carbocycles. The third kappa shape index (κ3) is 2.13. The second kappa shape index (κ2) is 5.13. The van der Waals surface area contributed by atoms with Gasteiger partial charge in [-0.2, -0.15) is 0 Å². The summed E-state index contributed by atoms with van der Waals surface area (Å²) in [6.07, 6.45) is 4.99. The molecule has 0 N–H and O–H groups in total. The van der Waals surface area contributed by atoms with Crippen LogP contribution in [0.2, 0.25) is 0 Å². The Hall–Kier alpha value is -2.49. The predicted molar refractivity (Wildman–Crippen MR) is 77.9 cm³/mol. The van der Waals surface area contributed by atoms with E-state index in [4.69, 9.17) is 0 Å². The smallest absolute Gasteiger partial charge is 0.224 e. The Bertz CT molecular complexity index is 713. The number of amides is 1. The summed E-state index contributed by atoms with van der Waals surface area (Å²) < 4.78 is 0. The van der Waals surface area contributed by atoms with Gasteiger partial charge in [-0.3, -0.25) is 14.4 Å². The van der Waals surface area contributed by atoms with Crippen molar-refractivity contribution in [1.82, 2.24) is 4.90 Å². The Labute approximate surface area is 122 Å². The first-order chi connectivity index (χ1) is 10.1. The molecule has 1 amide bonds. The number of allylic oxidation sites excluding steroid dienone is 3. The van der Waals surface area contributed by atoms with E-state index in [-0.39, 0.29) is 23.2 Å². The first-order valence-electron chi connectivity index (χ1n) is 6.96. The molecule has 0 bridgehead atoms. The molecule has 0 saturated heterocycles. The molecular formula is C17H15NO3. The molecule has 4 nitrogen and oxygen atoms in total. The van der Waals surface area contributed by atoms with Crippen LogP contribution in [-0.2, 0) is 4.79 Å². The van der Waals surface area contributed by atoms with E-state index in [1.807, 2.05) is 12.2 Å². The van der Waals surface area contributed by atoms with E-state index in [0.29, 0.717) is 36.1 Å². The lowest BCUT2D eigenvalue weighted by molar-refractivity contribution is -0.126. The zero-order chi connectivity index (χ0) is 15.0. The second-order valence-corrected chi connectivity index (χ2v) is 5.17. The molecule has 1 aliphatic heterocycles. The van der Waals surface area contributed by atoms with Crippen LogP contribution in [0.15, 0.2) is 47.7 Å². The standard InChI is InChI=1S/C17H15NO3/c1-11(19)18-10-6-2-3-9-14-15(18)17(21)13-8-5-4-7-12(13)16(14)20/h2,4-8H,3,9-10H2,1H3/b6-2-. The Morgan fingerprint density at radius 3 is 2.38 bits per heavy atom. The summed E-state index contributed by atoms with van der Waals surface area (Å²) >= 11 is 0. The van der Waals surface area contributed by atoms with E-state index in [2.05, 4.69) is 0 Å². The van der Waals surface area contributed by atoms with E-state index >= 15 is 0 Å². The van der Waals surface area contributed by atoms with Crippen molar-refractivity contribution < 1.29 is 14.4 Å². The average Bonchev–Trinajstić information content (AvgIpc) is 2.44. The molecule has 0 spiro atoms. The molecule has 0 radical (unpaired) electrons. The zero-order valence-corrected chi connectivity index (χ0v) is 11.8. The number of ketones is 2. The Morgan fingerprint density at radius 1 is 1.05 bits per heavy atom. The summed E-state index contributed by atoms with van der Waals surface area (Å²) in [6, 6.07) is 6.80. The van der Waals surface area contributed by atoms with Crippen LogP contribution in [0.1, 0.15) is 40.5 Å². The van der Waals surface area contributed by atoms with Gasteiger partial charge in [0.2, 0.25) is 11.7 Å². The number of carbonyl (C=O) groups excluding carboxylic acids is 3. The minimum absolute atomic E-state index is 0.137. The molecule has 2 aliphatic rings. The molecule has 3 rings (SSSR count). The van der Waals surface area contributed by atoms with Crippen molar-refractivity contribution in [3.8, 4) is 0 Å². The van der Waals surface area contributed by atoms with E-state index in [1.54, 1.807) is 24.3 Å². The first-order valence-corrected chi connectivity index (χ1v) is 6.96. The van der Waals surface area contributed by atoms with E-state index in [9.17, 15) is 14.4 Å². The Morgan fingerprint density at radius 2 is 1.71 bits per heavy atom. The lowest BCUT2D eigenvalue weighted by Gasteiger charge is -2.29. The third-order valence-corrected chi connectivity index (χ3v) is 3.86. The van der Waals surface area contributed by atoms with E-state index < -0.39 is 0 Å². The van der Waals surface area contributed by atoms with Gasteiger partial charge < -0.3 is 4.90 Å². The SMILES string of the molecule is CC(=O)N1C/C=C\CCC2=C1C(=O)c1ccccc1C2=O. The van der Waals surface area contributed by atoms with Crippen LogP contribution >= 0.6 is 0 Å². The Kier molecular flexibility index (Phi) is 3.29. The van der Waals surface area contributed by atoms with Gasteiger partial charge in [0.15, 0.2) is 5.78 Å². The maximum Gasteiger partial charge on any atom is 0.224 e. The average molecular weight is 281 g/mol. The zero-order valence-electron chi connectivity index (χ0n) is 11.8. The minimum atomic E-state index is -0.231. The molecule has 0 saturated carbocycles. The summed E-state index contributed by atoms with van der Waals surface area (Å²) in [5.74, 6) is -0.595. The molecule has 1 aromatic carbocycles. The molecule has 1 heterocycles. The first kappa shape index (κ1) is 13.5. The van der Waals surface area contributed by atoms with Gasteiger partial charge in [0.05, 0.1) is 5.70 Å². The van der Waals surface area contributed by atoms with Crippen LogP contribution in [-0.4, -0.2) is 28.9 Å². The van der Waals surface area contributed by atoms with Crippen molar-refractivity contribution in [1.29, 1.82) is 0 Å². The fourth-order valence-electron chi connectivity index (χ4n) is 2.83. The quantitative estimate of drug-likeness (QED) is 0.687.